The van der Waals surface area contributed by atoms with Crippen LogP contribution in [0.5, 0.6) is 11.5 Å². The average Bonchev–Trinajstić information content (AvgIpc) is 2.90. The molecule has 0 saturated carbocycles. The highest BCUT2D eigenvalue weighted by atomic mass is 19.4. The lowest BCUT2D eigenvalue weighted by Crippen LogP contribution is -2.14. The van der Waals surface area contributed by atoms with Gasteiger partial charge in [0.15, 0.2) is 11.5 Å². The van der Waals surface area contributed by atoms with E-state index in [9.17, 15) is 23.2 Å². The molecule has 0 aliphatic rings. The number of rotatable bonds is 7. The van der Waals surface area contributed by atoms with Gasteiger partial charge < -0.3 is 14.8 Å². The number of anilines is 1. The van der Waals surface area contributed by atoms with Gasteiger partial charge in [0.25, 0.3) is 5.91 Å². The lowest BCUT2D eigenvalue weighted by Gasteiger charge is -2.12. The van der Waals surface area contributed by atoms with E-state index in [-0.39, 0.29) is 11.3 Å². The van der Waals surface area contributed by atoms with Gasteiger partial charge in [-0.25, -0.2) is 0 Å². The number of fused-ring (bicyclic) bond motifs is 1. The second-order valence-corrected chi connectivity index (χ2v) is 8.08. The number of ether oxygens (including phenoxy) is 2. The Labute approximate surface area is 211 Å². The predicted octanol–water partition coefficient (Wildman–Crippen LogP) is 6.99. The maximum Gasteiger partial charge on any atom is 0.416 e. The Bertz CT molecular complexity index is 1520. The zero-order valence-electron chi connectivity index (χ0n) is 19.7. The number of alkyl halides is 3. The van der Waals surface area contributed by atoms with Gasteiger partial charge in [-0.2, -0.15) is 18.4 Å². The zero-order valence-corrected chi connectivity index (χ0v) is 19.7. The fraction of sp³-hybridized carbons (Fsp3) is 0.103. The predicted molar refractivity (Wildman–Crippen MR) is 135 cm³/mol. The van der Waals surface area contributed by atoms with E-state index in [4.69, 9.17) is 9.47 Å². The number of nitrogens with zero attached hydrogens (tertiary/aromatic N) is 1. The summed E-state index contributed by atoms with van der Waals surface area (Å²) >= 11 is 0. The van der Waals surface area contributed by atoms with Crippen molar-refractivity contribution in [3.8, 4) is 17.6 Å². The summed E-state index contributed by atoms with van der Waals surface area (Å²) in [6, 6.07) is 24.9. The van der Waals surface area contributed by atoms with Gasteiger partial charge in [0, 0.05) is 5.69 Å². The summed E-state index contributed by atoms with van der Waals surface area (Å²) in [5, 5.41) is 14.0. The van der Waals surface area contributed by atoms with Crippen molar-refractivity contribution in [2.24, 2.45) is 0 Å². The van der Waals surface area contributed by atoms with E-state index in [0.29, 0.717) is 23.7 Å². The average molecular weight is 502 g/mol. The first-order chi connectivity index (χ1) is 17.8. The number of carbonyl (C=O) groups excluding carboxylic acids is 1. The van der Waals surface area contributed by atoms with Gasteiger partial charge in [-0.15, -0.1) is 0 Å². The Kier molecular flexibility index (Phi) is 7.44. The Balaban J connectivity index is 1.48. The molecule has 0 radical (unpaired) electrons. The molecule has 186 valence electrons. The summed E-state index contributed by atoms with van der Waals surface area (Å²) in [4.78, 5) is 12.5. The van der Waals surface area contributed by atoms with E-state index >= 15 is 0 Å². The normalized spacial score (nSPS) is 11.6. The van der Waals surface area contributed by atoms with Crippen LogP contribution in [0.2, 0.25) is 0 Å². The molecule has 1 N–H and O–H groups in total. The topological polar surface area (TPSA) is 71.3 Å². The third kappa shape index (κ3) is 6.27. The lowest BCUT2D eigenvalue weighted by atomic mass is 10.1. The second-order valence-electron chi connectivity index (χ2n) is 8.08. The van der Waals surface area contributed by atoms with Crippen molar-refractivity contribution < 1.29 is 27.4 Å². The van der Waals surface area contributed by atoms with E-state index in [1.165, 1.54) is 25.3 Å². The number of hydrogen-bond acceptors (Lipinski definition) is 4. The van der Waals surface area contributed by atoms with Crippen molar-refractivity contribution in [3.05, 3.63) is 107 Å². The minimum Gasteiger partial charge on any atom is -0.493 e. The molecule has 0 saturated heterocycles. The molecule has 0 aliphatic heterocycles. The number of halogens is 3. The summed E-state index contributed by atoms with van der Waals surface area (Å²) in [5.41, 5.74) is 0.186. The maximum atomic E-state index is 12.9. The smallest absolute Gasteiger partial charge is 0.416 e. The molecule has 37 heavy (non-hydrogen) atoms. The van der Waals surface area contributed by atoms with E-state index in [1.807, 2.05) is 42.5 Å². The van der Waals surface area contributed by atoms with E-state index in [1.54, 1.807) is 24.3 Å². The fourth-order valence-corrected chi connectivity index (χ4v) is 3.67. The highest BCUT2D eigenvalue weighted by Gasteiger charge is 2.30. The molecular formula is C29H21F3N2O3. The van der Waals surface area contributed by atoms with Crippen LogP contribution in [0.25, 0.3) is 16.8 Å². The van der Waals surface area contributed by atoms with Crippen molar-refractivity contribution in [1.29, 1.82) is 5.26 Å². The number of methoxy groups -OCH3 is 1. The van der Waals surface area contributed by atoms with Crippen LogP contribution in [0.3, 0.4) is 0 Å². The van der Waals surface area contributed by atoms with Gasteiger partial charge >= 0.3 is 6.18 Å². The molecule has 0 heterocycles. The van der Waals surface area contributed by atoms with Crippen LogP contribution in [0.15, 0.2) is 90.5 Å². The van der Waals surface area contributed by atoms with Crippen LogP contribution in [-0.4, -0.2) is 13.0 Å². The number of nitriles is 1. The summed E-state index contributed by atoms with van der Waals surface area (Å²) in [6.45, 7) is 0.305. The molecule has 0 unspecified atom stereocenters. The molecule has 0 atom stereocenters. The first kappa shape index (κ1) is 25.3. The molecule has 8 heteroatoms. The molecule has 0 spiro atoms. The van der Waals surface area contributed by atoms with Gasteiger partial charge in [0.2, 0.25) is 0 Å². The van der Waals surface area contributed by atoms with Crippen molar-refractivity contribution in [2.75, 3.05) is 12.4 Å². The van der Waals surface area contributed by atoms with Crippen molar-refractivity contribution in [2.45, 2.75) is 12.8 Å². The third-order valence-corrected chi connectivity index (χ3v) is 5.52. The molecular weight excluding hydrogens is 481 g/mol. The molecule has 5 nitrogen and oxygen atoms in total. The van der Waals surface area contributed by atoms with Gasteiger partial charge in [0.05, 0.1) is 12.7 Å². The van der Waals surface area contributed by atoms with Crippen LogP contribution in [0.4, 0.5) is 18.9 Å². The zero-order chi connectivity index (χ0) is 26.4. The van der Waals surface area contributed by atoms with Crippen molar-refractivity contribution in [3.63, 3.8) is 0 Å². The van der Waals surface area contributed by atoms with Crippen LogP contribution >= 0.6 is 0 Å². The SMILES string of the molecule is COc1cc(/C=C(/C#N)C(=O)Nc2cccc(C(F)(F)F)c2)ccc1OCc1ccc2ccccc2c1. The van der Waals surface area contributed by atoms with Crippen molar-refractivity contribution >= 4 is 28.4 Å². The summed E-state index contributed by atoms with van der Waals surface area (Å²) < 4.78 is 50.2. The Hall–Kier alpha value is -4.77. The van der Waals surface area contributed by atoms with E-state index in [2.05, 4.69) is 5.32 Å². The number of hydrogen-bond donors (Lipinski definition) is 1. The van der Waals surface area contributed by atoms with Crippen molar-refractivity contribution in [1.82, 2.24) is 0 Å². The first-order valence-electron chi connectivity index (χ1n) is 11.2. The van der Waals surface area contributed by atoms with Gasteiger partial charge in [-0.1, -0.05) is 48.5 Å². The molecule has 1 amide bonds. The van der Waals surface area contributed by atoms with Crippen LogP contribution in [0.1, 0.15) is 16.7 Å². The minimum absolute atomic E-state index is 0.0732. The van der Waals surface area contributed by atoms with Gasteiger partial charge in [0.1, 0.15) is 18.2 Å². The van der Waals surface area contributed by atoms with Crippen LogP contribution in [-0.2, 0) is 17.6 Å². The number of carbonyl (C=O) groups is 1. The van der Waals surface area contributed by atoms with Gasteiger partial charge in [-0.05, 0) is 64.4 Å². The highest BCUT2D eigenvalue weighted by Crippen LogP contribution is 2.32. The molecule has 0 aliphatic carbocycles. The Morgan fingerprint density at radius 2 is 1.73 bits per heavy atom. The molecule has 4 aromatic rings. The van der Waals surface area contributed by atoms with E-state index < -0.39 is 17.6 Å². The quantitative estimate of drug-likeness (QED) is 0.218. The highest BCUT2D eigenvalue weighted by molar-refractivity contribution is 6.09. The number of amides is 1. The number of nitrogens with one attached hydrogen (secondary N) is 1. The maximum absolute atomic E-state index is 12.9. The molecule has 4 aromatic carbocycles. The number of benzene rings is 4. The first-order valence-corrected chi connectivity index (χ1v) is 11.2. The molecule has 0 aromatic heterocycles. The lowest BCUT2D eigenvalue weighted by molar-refractivity contribution is -0.137. The Morgan fingerprint density at radius 1 is 0.946 bits per heavy atom. The Morgan fingerprint density at radius 3 is 2.46 bits per heavy atom. The standard InChI is InChI=1S/C29H21F3N2O3/c1-36-27-15-19(10-12-26(27)37-18-20-9-11-21-5-2-3-6-22(21)14-20)13-23(17-33)28(35)34-25-8-4-7-24(16-25)29(30,31)32/h2-16H,18H2,1H3,(H,34,35)/b23-13-. The third-order valence-electron chi connectivity index (χ3n) is 5.52. The summed E-state index contributed by atoms with van der Waals surface area (Å²) in [7, 11) is 1.47. The minimum atomic E-state index is -4.55. The molecule has 0 bridgehead atoms. The van der Waals surface area contributed by atoms with Crippen LogP contribution < -0.4 is 14.8 Å². The molecule has 4 rings (SSSR count). The monoisotopic (exact) mass is 502 g/mol. The molecule has 0 fully saturated rings. The second kappa shape index (κ2) is 10.9. The fourth-order valence-electron chi connectivity index (χ4n) is 3.67. The summed E-state index contributed by atoms with van der Waals surface area (Å²) in [6.07, 6.45) is -3.23. The summed E-state index contributed by atoms with van der Waals surface area (Å²) in [5.74, 6) is 0.0299. The largest absolute Gasteiger partial charge is 0.493 e. The van der Waals surface area contributed by atoms with Crippen LogP contribution in [0, 0.1) is 11.3 Å². The van der Waals surface area contributed by atoms with E-state index in [0.717, 1.165) is 28.5 Å². The van der Waals surface area contributed by atoms with Gasteiger partial charge in [-0.3, -0.25) is 4.79 Å².